The molecule has 0 amide bonds. The predicted octanol–water partition coefficient (Wildman–Crippen LogP) is -2.83. The normalized spacial score (nSPS) is 9.71. The van der Waals surface area contributed by atoms with Gasteiger partial charge in [0.25, 0.3) is 0 Å². The van der Waals surface area contributed by atoms with Crippen molar-refractivity contribution in [1.29, 1.82) is 0 Å². The zero-order valence-electron chi connectivity index (χ0n) is 9.01. The van der Waals surface area contributed by atoms with E-state index in [9.17, 15) is 14.3 Å². The molecule has 0 spiro atoms. The minimum atomic E-state index is -1.31. The maximum Gasteiger partial charge on any atom is 1.00 e. The molecule has 0 saturated heterocycles. The summed E-state index contributed by atoms with van der Waals surface area (Å²) in [7, 11) is 0. The summed E-state index contributed by atoms with van der Waals surface area (Å²) in [4.78, 5) is 10.3. The van der Waals surface area contributed by atoms with Crippen molar-refractivity contribution in [2.24, 2.45) is 0 Å². The Bertz CT molecular complexity index is 530. The van der Waals surface area contributed by atoms with Crippen LogP contribution in [0.4, 0.5) is 4.39 Å². The first-order valence-electron chi connectivity index (χ1n) is 4.43. The fourth-order valence-electron chi connectivity index (χ4n) is 1.19. The summed E-state index contributed by atoms with van der Waals surface area (Å²) in [6, 6.07) is 5.57. The van der Waals surface area contributed by atoms with Crippen molar-refractivity contribution in [2.75, 3.05) is 0 Å². The van der Waals surface area contributed by atoms with Gasteiger partial charge in [0.1, 0.15) is 5.82 Å². The van der Waals surface area contributed by atoms with Gasteiger partial charge in [-0.25, -0.2) is 4.39 Å². The van der Waals surface area contributed by atoms with E-state index in [1.54, 1.807) is 6.07 Å². The Hall–Kier alpha value is -0.604. The molecule has 7 heteroatoms. The Morgan fingerprint density at radius 2 is 2.18 bits per heavy atom. The molecule has 0 N–H and O–H groups in total. The van der Waals surface area contributed by atoms with Gasteiger partial charge in [0.05, 0.1) is 12.4 Å². The summed E-state index contributed by atoms with van der Waals surface area (Å²) in [5, 5.41) is 17.4. The summed E-state index contributed by atoms with van der Waals surface area (Å²) in [6.45, 7) is 0. The van der Waals surface area contributed by atoms with E-state index >= 15 is 0 Å². The molecule has 0 unspecified atom stereocenters. The summed E-state index contributed by atoms with van der Waals surface area (Å²) >= 11 is 0. The molecule has 0 bridgehead atoms. The maximum absolute atomic E-state index is 12.9. The average Bonchev–Trinajstić information content (AvgIpc) is 2.65. The maximum atomic E-state index is 12.9. The third kappa shape index (κ3) is 3.97. The molecule has 0 atom stereocenters. The standard InChI is InChI=1S/C10H7FN2O3.K/c11-7-3-1-2-6(4-7)10-13-12-8(16-10)5-9(14)15;/h1-4H,5H2,(H,14,15);/q;+1/p-1. The second-order valence-corrected chi connectivity index (χ2v) is 3.06. The smallest absolute Gasteiger partial charge is 0.550 e. The number of halogens is 1. The Labute approximate surface area is 138 Å². The van der Waals surface area contributed by atoms with Crippen LogP contribution < -0.4 is 56.5 Å². The van der Waals surface area contributed by atoms with Gasteiger partial charge in [-0.05, 0) is 18.2 Å². The number of carbonyl (C=O) groups excluding carboxylic acids is 1. The minimum Gasteiger partial charge on any atom is -0.550 e. The molecule has 1 aromatic heterocycles. The van der Waals surface area contributed by atoms with Crippen LogP contribution in [0.1, 0.15) is 5.89 Å². The van der Waals surface area contributed by atoms with Crippen molar-refractivity contribution in [2.45, 2.75) is 6.42 Å². The molecule has 17 heavy (non-hydrogen) atoms. The first-order chi connectivity index (χ1) is 7.65. The van der Waals surface area contributed by atoms with Crippen LogP contribution in [0.3, 0.4) is 0 Å². The SMILES string of the molecule is O=C([O-])Cc1nnc(-c2cccc(F)c2)o1.[K+]. The monoisotopic (exact) mass is 260 g/mol. The molecule has 0 aliphatic carbocycles. The van der Waals surface area contributed by atoms with Gasteiger partial charge in [0, 0.05) is 5.56 Å². The number of carboxylic acids is 1. The van der Waals surface area contributed by atoms with Gasteiger partial charge in [0.15, 0.2) is 0 Å². The molecule has 0 fully saturated rings. The van der Waals surface area contributed by atoms with Crippen molar-refractivity contribution in [3.8, 4) is 11.5 Å². The van der Waals surface area contributed by atoms with Crippen molar-refractivity contribution >= 4 is 5.97 Å². The predicted molar refractivity (Wildman–Crippen MR) is 48.4 cm³/mol. The van der Waals surface area contributed by atoms with Crippen LogP contribution in [0.15, 0.2) is 28.7 Å². The Balaban J connectivity index is 0.00000144. The summed E-state index contributed by atoms with van der Waals surface area (Å²) in [6.07, 6.45) is -0.456. The van der Waals surface area contributed by atoms with Crippen molar-refractivity contribution in [3.63, 3.8) is 0 Å². The molecule has 0 aliphatic heterocycles. The number of hydrogen-bond acceptors (Lipinski definition) is 5. The fraction of sp³-hybridized carbons (Fsp3) is 0.100. The van der Waals surface area contributed by atoms with E-state index in [1.807, 2.05) is 0 Å². The summed E-state index contributed by atoms with van der Waals surface area (Å²) in [5.41, 5.74) is 0.400. The van der Waals surface area contributed by atoms with Crippen LogP contribution in [-0.4, -0.2) is 16.2 Å². The number of aliphatic carboxylic acids is 1. The van der Waals surface area contributed by atoms with Gasteiger partial charge in [-0.1, -0.05) is 6.07 Å². The third-order valence-electron chi connectivity index (χ3n) is 1.83. The van der Waals surface area contributed by atoms with Crippen LogP contribution in [0.5, 0.6) is 0 Å². The van der Waals surface area contributed by atoms with E-state index < -0.39 is 18.2 Å². The molecule has 1 aromatic carbocycles. The zero-order chi connectivity index (χ0) is 11.5. The summed E-state index contributed by atoms with van der Waals surface area (Å²) < 4.78 is 17.9. The first kappa shape index (κ1) is 14.5. The molecule has 2 aromatic rings. The number of benzene rings is 1. The van der Waals surface area contributed by atoms with Gasteiger partial charge < -0.3 is 14.3 Å². The van der Waals surface area contributed by atoms with Crippen molar-refractivity contribution in [3.05, 3.63) is 36.0 Å². The van der Waals surface area contributed by atoms with Crippen LogP contribution in [0.25, 0.3) is 11.5 Å². The van der Waals surface area contributed by atoms with E-state index in [4.69, 9.17) is 4.42 Å². The zero-order valence-corrected chi connectivity index (χ0v) is 12.1. The molecule has 2 rings (SSSR count). The van der Waals surface area contributed by atoms with E-state index in [1.165, 1.54) is 18.2 Å². The molecule has 82 valence electrons. The molecular weight excluding hydrogens is 254 g/mol. The first-order valence-corrected chi connectivity index (χ1v) is 4.43. The van der Waals surface area contributed by atoms with Gasteiger partial charge in [-0.2, -0.15) is 0 Å². The number of hydrogen-bond donors (Lipinski definition) is 0. The van der Waals surface area contributed by atoms with E-state index in [0.29, 0.717) is 5.56 Å². The Morgan fingerprint density at radius 3 is 2.82 bits per heavy atom. The van der Waals surface area contributed by atoms with Crippen molar-refractivity contribution in [1.82, 2.24) is 10.2 Å². The minimum absolute atomic E-state index is 0. The van der Waals surface area contributed by atoms with Crippen molar-refractivity contribution < 1.29 is 70.1 Å². The van der Waals surface area contributed by atoms with E-state index in [-0.39, 0.29) is 63.2 Å². The third-order valence-corrected chi connectivity index (χ3v) is 1.83. The van der Waals surface area contributed by atoms with Gasteiger partial charge >= 0.3 is 51.4 Å². The van der Waals surface area contributed by atoms with Crippen LogP contribution >= 0.6 is 0 Å². The Morgan fingerprint density at radius 1 is 1.41 bits per heavy atom. The topological polar surface area (TPSA) is 79.0 Å². The number of aromatic nitrogens is 2. The van der Waals surface area contributed by atoms with E-state index in [0.717, 1.165) is 0 Å². The molecule has 1 heterocycles. The number of carbonyl (C=O) groups is 1. The average molecular weight is 260 g/mol. The van der Waals surface area contributed by atoms with Crippen LogP contribution in [0, 0.1) is 5.82 Å². The van der Waals surface area contributed by atoms with Gasteiger partial charge in [-0.15, -0.1) is 10.2 Å². The molecular formula is C10H6FKN2O3. The second kappa shape index (κ2) is 6.36. The fourth-order valence-corrected chi connectivity index (χ4v) is 1.19. The molecule has 0 saturated carbocycles. The second-order valence-electron chi connectivity index (χ2n) is 3.06. The number of rotatable bonds is 3. The summed E-state index contributed by atoms with van der Waals surface area (Å²) in [5.74, 6) is -1.73. The van der Waals surface area contributed by atoms with Gasteiger partial charge in [0.2, 0.25) is 11.8 Å². The van der Waals surface area contributed by atoms with Crippen LogP contribution in [0.2, 0.25) is 0 Å². The van der Waals surface area contributed by atoms with Gasteiger partial charge in [-0.3, -0.25) is 0 Å². The van der Waals surface area contributed by atoms with Crippen LogP contribution in [-0.2, 0) is 11.2 Å². The number of carboxylic acid groups (broad SMARTS) is 1. The molecule has 0 aliphatic rings. The Kier molecular flexibility index (Phi) is 5.41. The molecule has 5 nitrogen and oxygen atoms in total. The number of nitrogens with zero attached hydrogens (tertiary/aromatic N) is 2. The largest absolute Gasteiger partial charge is 1.00 e. The van der Waals surface area contributed by atoms with E-state index in [2.05, 4.69) is 10.2 Å². The molecule has 0 radical (unpaired) electrons. The quantitative estimate of drug-likeness (QED) is 0.556.